The van der Waals surface area contributed by atoms with Gasteiger partial charge >= 0.3 is 0 Å². The Labute approximate surface area is 149 Å². The molecule has 1 N–H and O–H groups in total. The molecule has 1 heterocycles. The molecule has 0 spiro atoms. The highest BCUT2D eigenvalue weighted by atomic mass is 14.8. The van der Waals surface area contributed by atoms with Crippen molar-refractivity contribution in [3.63, 3.8) is 0 Å². The lowest BCUT2D eigenvalue weighted by atomic mass is 9.92. The van der Waals surface area contributed by atoms with Gasteiger partial charge in [-0.15, -0.1) is 0 Å². The molecule has 0 bridgehead atoms. The minimum atomic E-state index is 1.03. The summed E-state index contributed by atoms with van der Waals surface area (Å²) in [5, 5.41) is 5.53. The number of nitrogens with zero attached hydrogens (tertiary/aromatic N) is 1. The van der Waals surface area contributed by atoms with E-state index in [9.17, 15) is 0 Å². The quantitative estimate of drug-likeness (QED) is 0.498. The maximum atomic E-state index is 4.06. The normalized spacial score (nSPS) is 10.5. The zero-order valence-electron chi connectivity index (χ0n) is 16.1. The smallest absolute Gasteiger partial charge is 0.0418 e. The van der Waals surface area contributed by atoms with E-state index < -0.39 is 0 Å². The lowest BCUT2D eigenvalue weighted by Crippen LogP contribution is -1.99. The lowest BCUT2D eigenvalue weighted by Gasteiger charge is -2.14. The zero-order chi connectivity index (χ0) is 17.6. The van der Waals surface area contributed by atoms with Gasteiger partial charge in [-0.05, 0) is 18.1 Å². The number of benzene rings is 1. The fraction of sp³-hybridized carbons (Fsp3) is 0.591. The third-order valence-electron chi connectivity index (χ3n) is 4.56. The SMILES string of the molecule is CCCCCC(CCC)CCC.CNc1cccc2cnccc12. The van der Waals surface area contributed by atoms with Gasteiger partial charge in [-0.25, -0.2) is 0 Å². The van der Waals surface area contributed by atoms with Crippen LogP contribution in [0.3, 0.4) is 0 Å². The molecule has 0 unspecified atom stereocenters. The Morgan fingerprint density at radius 3 is 2.29 bits per heavy atom. The number of hydrogen-bond acceptors (Lipinski definition) is 2. The summed E-state index contributed by atoms with van der Waals surface area (Å²) in [6.45, 7) is 6.90. The molecule has 0 saturated carbocycles. The third kappa shape index (κ3) is 7.33. The van der Waals surface area contributed by atoms with E-state index in [0.29, 0.717) is 0 Å². The van der Waals surface area contributed by atoms with Gasteiger partial charge in [-0.3, -0.25) is 4.98 Å². The molecule has 0 aliphatic rings. The van der Waals surface area contributed by atoms with E-state index in [1.165, 1.54) is 62.1 Å². The number of unbranched alkanes of at least 4 members (excludes halogenated alkanes) is 2. The topological polar surface area (TPSA) is 24.9 Å². The summed E-state index contributed by atoms with van der Waals surface area (Å²) in [6.07, 6.45) is 15.1. The van der Waals surface area contributed by atoms with Crippen molar-refractivity contribution in [1.29, 1.82) is 0 Å². The van der Waals surface area contributed by atoms with Gasteiger partial charge in [-0.1, -0.05) is 84.3 Å². The van der Waals surface area contributed by atoms with Gasteiger partial charge in [0.1, 0.15) is 0 Å². The fourth-order valence-electron chi connectivity index (χ4n) is 3.27. The number of anilines is 1. The Bertz CT molecular complexity index is 539. The summed E-state index contributed by atoms with van der Waals surface area (Å²) in [4.78, 5) is 4.06. The number of aromatic nitrogens is 1. The maximum absolute atomic E-state index is 4.06. The molecular weight excluding hydrogens is 292 g/mol. The first-order valence-corrected chi connectivity index (χ1v) is 9.77. The molecule has 2 rings (SSSR count). The summed E-state index contributed by atoms with van der Waals surface area (Å²) in [5.74, 6) is 1.03. The molecule has 0 aliphatic carbocycles. The van der Waals surface area contributed by atoms with Crippen molar-refractivity contribution in [3.8, 4) is 0 Å². The van der Waals surface area contributed by atoms with Crippen LogP contribution in [0.2, 0.25) is 0 Å². The highest BCUT2D eigenvalue weighted by Gasteiger charge is 2.05. The predicted octanol–water partition coefficient (Wildman–Crippen LogP) is 7.06. The van der Waals surface area contributed by atoms with Gasteiger partial charge < -0.3 is 5.32 Å². The first-order chi connectivity index (χ1) is 11.8. The third-order valence-corrected chi connectivity index (χ3v) is 4.56. The number of nitrogens with one attached hydrogen (secondary N) is 1. The van der Waals surface area contributed by atoms with Gasteiger partial charge in [0, 0.05) is 35.9 Å². The molecule has 0 aliphatic heterocycles. The van der Waals surface area contributed by atoms with Crippen LogP contribution in [0.25, 0.3) is 10.8 Å². The molecule has 24 heavy (non-hydrogen) atoms. The second kappa shape index (κ2) is 12.8. The summed E-state index contributed by atoms with van der Waals surface area (Å²) < 4.78 is 0. The standard InChI is InChI=1S/C12H26.C10H10N2/c1-4-7-8-11-12(9-5-2)10-6-3;1-11-10-4-2-3-8-7-12-6-5-9(8)10/h12H,4-11H2,1-3H3;2-7,11H,1H3. The Hall–Kier alpha value is -1.57. The first kappa shape index (κ1) is 20.5. The van der Waals surface area contributed by atoms with Crippen molar-refractivity contribution in [2.24, 2.45) is 5.92 Å². The second-order valence-corrected chi connectivity index (χ2v) is 6.59. The van der Waals surface area contributed by atoms with Gasteiger partial charge in [-0.2, -0.15) is 0 Å². The van der Waals surface area contributed by atoms with Crippen molar-refractivity contribution in [1.82, 2.24) is 4.98 Å². The molecule has 0 amide bonds. The van der Waals surface area contributed by atoms with E-state index >= 15 is 0 Å². The molecule has 0 saturated heterocycles. The monoisotopic (exact) mass is 328 g/mol. The van der Waals surface area contributed by atoms with Crippen LogP contribution in [-0.2, 0) is 0 Å². The van der Waals surface area contributed by atoms with Crippen LogP contribution < -0.4 is 5.32 Å². The highest BCUT2D eigenvalue weighted by Crippen LogP contribution is 2.21. The largest absolute Gasteiger partial charge is 0.388 e. The number of fused-ring (bicyclic) bond motifs is 1. The molecule has 0 atom stereocenters. The molecule has 1 aromatic heterocycles. The van der Waals surface area contributed by atoms with Crippen molar-refractivity contribution in [2.45, 2.75) is 72.1 Å². The van der Waals surface area contributed by atoms with Crippen LogP contribution in [0.4, 0.5) is 5.69 Å². The minimum Gasteiger partial charge on any atom is -0.388 e. The summed E-state index contributed by atoms with van der Waals surface area (Å²) in [6, 6.07) is 8.16. The highest BCUT2D eigenvalue weighted by molar-refractivity contribution is 5.92. The molecule has 2 heteroatoms. The van der Waals surface area contributed by atoms with E-state index in [1.807, 2.05) is 31.6 Å². The molecular formula is C22H36N2. The Kier molecular flexibility index (Phi) is 10.9. The van der Waals surface area contributed by atoms with Gasteiger partial charge in [0.05, 0.1) is 0 Å². The molecule has 1 aromatic carbocycles. The fourth-order valence-corrected chi connectivity index (χ4v) is 3.27. The van der Waals surface area contributed by atoms with Crippen LogP contribution in [-0.4, -0.2) is 12.0 Å². The van der Waals surface area contributed by atoms with E-state index in [2.05, 4.69) is 43.2 Å². The Morgan fingerprint density at radius 2 is 1.67 bits per heavy atom. The summed E-state index contributed by atoms with van der Waals surface area (Å²) >= 11 is 0. The molecule has 0 radical (unpaired) electrons. The van der Waals surface area contributed by atoms with Crippen molar-refractivity contribution in [3.05, 3.63) is 36.7 Å². The first-order valence-electron chi connectivity index (χ1n) is 9.77. The molecule has 2 nitrogen and oxygen atoms in total. The number of pyridine rings is 1. The summed E-state index contributed by atoms with van der Waals surface area (Å²) in [7, 11) is 1.93. The molecule has 134 valence electrons. The van der Waals surface area contributed by atoms with Crippen molar-refractivity contribution < 1.29 is 0 Å². The minimum absolute atomic E-state index is 1.03. The predicted molar refractivity (Wildman–Crippen MR) is 109 cm³/mol. The van der Waals surface area contributed by atoms with Crippen LogP contribution in [0.15, 0.2) is 36.7 Å². The van der Waals surface area contributed by atoms with Crippen LogP contribution in [0, 0.1) is 5.92 Å². The van der Waals surface area contributed by atoms with Crippen LogP contribution >= 0.6 is 0 Å². The lowest BCUT2D eigenvalue weighted by molar-refractivity contribution is 0.394. The molecule has 0 fully saturated rings. The van der Waals surface area contributed by atoms with Crippen LogP contribution in [0.5, 0.6) is 0 Å². The van der Waals surface area contributed by atoms with E-state index in [1.54, 1.807) is 0 Å². The van der Waals surface area contributed by atoms with E-state index in [0.717, 1.165) is 11.6 Å². The van der Waals surface area contributed by atoms with Crippen LogP contribution in [0.1, 0.15) is 72.1 Å². The number of rotatable bonds is 9. The Morgan fingerprint density at radius 1 is 0.917 bits per heavy atom. The van der Waals surface area contributed by atoms with Crippen molar-refractivity contribution in [2.75, 3.05) is 12.4 Å². The average molecular weight is 329 g/mol. The van der Waals surface area contributed by atoms with Gasteiger partial charge in [0.15, 0.2) is 0 Å². The van der Waals surface area contributed by atoms with Crippen molar-refractivity contribution >= 4 is 16.5 Å². The second-order valence-electron chi connectivity index (χ2n) is 6.59. The maximum Gasteiger partial charge on any atom is 0.0418 e. The number of hydrogen-bond donors (Lipinski definition) is 1. The van der Waals surface area contributed by atoms with E-state index in [-0.39, 0.29) is 0 Å². The Balaban J connectivity index is 0.000000240. The van der Waals surface area contributed by atoms with Gasteiger partial charge in [0.25, 0.3) is 0 Å². The molecule has 2 aromatic rings. The zero-order valence-corrected chi connectivity index (χ0v) is 16.1. The van der Waals surface area contributed by atoms with Gasteiger partial charge in [0.2, 0.25) is 0 Å². The average Bonchev–Trinajstić information content (AvgIpc) is 2.62. The van der Waals surface area contributed by atoms with E-state index in [4.69, 9.17) is 0 Å². The summed E-state index contributed by atoms with van der Waals surface area (Å²) in [5.41, 5.74) is 1.15.